The van der Waals surface area contributed by atoms with Gasteiger partial charge in [0.15, 0.2) is 6.26 Å². The van der Waals surface area contributed by atoms with Gasteiger partial charge in [0, 0.05) is 5.30 Å². The maximum Gasteiger partial charge on any atom is 0.151 e. The van der Waals surface area contributed by atoms with E-state index >= 15 is 0 Å². The fourth-order valence-electron chi connectivity index (χ4n) is 1.94. The molecule has 1 aliphatic rings. The Hall–Kier alpha value is -0.590. The number of allylic oxidation sites excluding steroid dienone is 2. The van der Waals surface area contributed by atoms with Crippen LogP contribution < -0.4 is 5.30 Å². The van der Waals surface area contributed by atoms with Crippen molar-refractivity contribution in [3.05, 3.63) is 42.2 Å². The van der Waals surface area contributed by atoms with E-state index in [9.17, 15) is 0 Å². The van der Waals surface area contributed by atoms with Crippen molar-refractivity contribution >= 4 is 23.4 Å². The van der Waals surface area contributed by atoms with E-state index in [1.807, 2.05) is 25.1 Å². The highest BCUT2D eigenvalue weighted by Crippen LogP contribution is 2.64. The standard InChI is InChI=1S/C12H15OPS/c1-10-9-12(2,3)14(15,13-10)11-7-5-4-6-8-11/h4-9H,1-3H3. The second-order valence-electron chi connectivity index (χ2n) is 4.39. The van der Waals surface area contributed by atoms with Crippen LogP contribution in [0.4, 0.5) is 0 Å². The summed E-state index contributed by atoms with van der Waals surface area (Å²) in [5.74, 6) is 0.965. The molecule has 80 valence electrons. The molecule has 0 aromatic heterocycles. The Kier molecular flexibility index (Phi) is 2.52. The fraction of sp³-hybridized carbons (Fsp3) is 0.333. The van der Waals surface area contributed by atoms with Gasteiger partial charge < -0.3 is 4.52 Å². The second-order valence-corrected chi connectivity index (χ2v) is 8.88. The first-order valence-corrected chi connectivity index (χ1v) is 7.72. The van der Waals surface area contributed by atoms with E-state index in [-0.39, 0.29) is 5.16 Å². The van der Waals surface area contributed by atoms with Crippen molar-refractivity contribution in [3.8, 4) is 0 Å². The SMILES string of the molecule is CC1=CC(C)(C)P(=S)(c2ccccc2)O1. The molecule has 1 aliphatic heterocycles. The Morgan fingerprint density at radius 3 is 2.27 bits per heavy atom. The molecule has 1 atom stereocenters. The summed E-state index contributed by atoms with van der Waals surface area (Å²) in [5.41, 5.74) is 0. The van der Waals surface area contributed by atoms with Crippen LogP contribution in [0.15, 0.2) is 42.2 Å². The minimum absolute atomic E-state index is 0.0340. The van der Waals surface area contributed by atoms with E-state index in [1.54, 1.807) is 0 Å². The molecule has 1 unspecified atom stereocenters. The zero-order chi connectivity index (χ0) is 11.1. The van der Waals surface area contributed by atoms with Gasteiger partial charge in [0.1, 0.15) is 0 Å². The van der Waals surface area contributed by atoms with E-state index in [4.69, 9.17) is 16.3 Å². The van der Waals surface area contributed by atoms with Crippen molar-refractivity contribution in [2.45, 2.75) is 25.9 Å². The number of hydrogen-bond acceptors (Lipinski definition) is 2. The molecule has 15 heavy (non-hydrogen) atoms. The second kappa shape index (κ2) is 3.47. The summed E-state index contributed by atoms with van der Waals surface area (Å²) < 4.78 is 5.94. The third-order valence-electron chi connectivity index (χ3n) is 2.68. The summed E-state index contributed by atoms with van der Waals surface area (Å²) in [5, 5.41) is 1.13. The van der Waals surface area contributed by atoms with Gasteiger partial charge in [0.2, 0.25) is 0 Å². The molecule has 0 N–H and O–H groups in total. The average Bonchev–Trinajstić information content (AvgIpc) is 2.38. The van der Waals surface area contributed by atoms with E-state index in [0.717, 1.165) is 11.1 Å². The van der Waals surface area contributed by atoms with Crippen LogP contribution in [0.5, 0.6) is 0 Å². The summed E-state index contributed by atoms with van der Waals surface area (Å²) in [6, 6.07) is 10.2. The van der Waals surface area contributed by atoms with Crippen LogP contribution >= 0.6 is 6.26 Å². The molecule has 1 nitrogen and oxygen atoms in total. The van der Waals surface area contributed by atoms with Gasteiger partial charge in [0.25, 0.3) is 0 Å². The summed E-state index contributed by atoms with van der Waals surface area (Å²) >= 11 is 5.78. The predicted molar refractivity (Wildman–Crippen MR) is 69.3 cm³/mol. The van der Waals surface area contributed by atoms with Crippen molar-refractivity contribution < 1.29 is 4.52 Å². The third-order valence-corrected chi connectivity index (χ3v) is 8.12. The third kappa shape index (κ3) is 1.66. The Morgan fingerprint density at radius 1 is 1.20 bits per heavy atom. The summed E-state index contributed by atoms with van der Waals surface area (Å²) in [6.45, 7) is 6.31. The lowest BCUT2D eigenvalue weighted by molar-refractivity contribution is 0.490. The van der Waals surface area contributed by atoms with Crippen molar-refractivity contribution in [2.24, 2.45) is 0 Å². The minimum atomic E-state index is -1.94. The van der Waals surface area contributed by atoms with E-state index in [2.05, 4.69) is 32.1 Å². The van der Waals surface area contributed by atoms with Gasteiger partial charge in [0.05, 0.1) is 10.9 Å². The molecule has 3 heteroatoms. The summed E-state index contributed by atoms with van der Waals surface area (Å²) in [6.07, 6.45) is 0.213. The molecule has 0 aliphatic carbocycles. The van der Waals surface area contributed by atoms with Crippen LogP contribution in [0.25, 0.3) is 0 Å². The largest absolute Gasteiger partial charge is 0.466 e. The number of rotatable bonds is 1. The maximum absolute atomic E-state index is 5.94. The van der Waals surface area contributed by atoms with Crippen molar-refractivity contribution in [3.63, 3.8) is 0 Å². The van der Waals surface area contributed by atoms with E-state index in [1.165, 1.54) is 0 Å². The molecule has 2 rings (SSSR count). The monoisotopic (exact) mass is 238 g/mol. The highest BCUT2D eigenvalue weighted by atomic mass is 32.4. The quantitative estimate of drug-likeness (QED) is 0.693. The van der Waals surface area contributed by atoms with Gasteiger partial charge in [-0.3, -0.25) is 0 Å². The average molecular weight is 238 g/mol. The maximum atomic E-state index is 5.94. The normalized spacial score (nSPS) is 28.3. The van der Waals surface area contributed by atoms with Crippen LogP contribution in [0, 0.1) is 0 Å². The lowest BCUT2D eigenvalue weighted by Crippen LogP contribution is -2.21. The molecule has 0 fully saturated rings. The molecule has 0 radical (unpaired) electrons. The van der Waals surface area contributed by atoms with E-state index < -0.39 is 6.26 Å². The molecule has 0 spiro atoms. The van der Waals surface area contributed by atoms with Crippen molar-refractivity contribution in [2.75, 3.05) is 0 Å². The molecular weight excluding hydrogens is 223 g/mol. The van der Waals surface area contributed by atoms with Gasteiger partial charge in [-0.15, -0.1) is 0 Å². The zero-order valence-electron chi connectivity index (χ0n) is 9.23. The molecule has 0 bridgehead atoms. The van der Waals surface area contributed by atoms with Gasteiger partial charge in [-0.25, -0.2) is 0 Å². The van der Waals surface area contributed by atoms with Crippen LogP contribution in [0.2, 0.25) is 0 Å². The first kappa shape index (κ1) is 10.9. The zero-order valence-corrected chi connectivity index (χ0v) is 10.9. The first-order valence-electron chi connectivity index (χ1n) is 5.00. The molecular formula is C12H15OPS. The van der Waals surface area contributed by atoms with Crippen LogP contribution in [0.1, 0.15) is 20.8 Å². The Morgan fingerprint density at radius 2 is 1.80 bits per heavy atom. The minimum Gasteiger partial charge on any atom is -0.466 e. The smallest absolute Gasteiger partial charge is 0.151 e. The van der Waals surface area contributed by atoms with Crippen LogP contribution in [-0.4, -0.2) is 5.16 Å². The first-order chi connectivity index (χ1) is 6.96. The molecule has 0 saturated carbocycles. The highest BCUT2D eigenvalue weighted by molar-refractivity contribution is 8.16. The Bertz CT molecular complexity index is 448. The molecule has 1 heterocycles. The van der Waals surface area contributed by atoms with E-state index in [0.29, 0.717) is 0 Å². The van der Waals surface area contributed by atoms with Gasteiger partial charge in [-0.05, 0) is 38.7 Å². The summed E-state index contributed by atoms with van der Waals surface area (Å²) in [4.78, 5) is 0. The number of hydrogen-bond donors (Lipinski definition) is 0. The lowest BCUT2D eigenvalue weighted by atomic mass is 10.2. The van der Waals surface area contributed by atoms with Crippen LogP contribution in [0.3, 0.4) is 0 Å². The van der Waals surface area contributed by atoms with Gasteiger partial charge in [-0.1, -0.05) is 30.3 Å². The summed E-state index contributed by atoms with van der Waals surface area (Å²) in [7, 11) is 0. The molecule has 1 aromatic rings. The number of benzene rings is 1. The van der Waals surface area contributed by atoms with Crippen molar-refractivity contribution in [1.29, 1.82) is 0 Å². The molecule has 0 saturated heterocycles. The highest BCUT2D eigenvalue weighted by Gasteiger charge is 2.42. The van der Waals surface area contributed by atoms with Gasteiger partial charge in [-0.2, -0.15) is 0 Å². The van der Waals surface area contributed by atoms with Gasteiger partial charge >= 0.3 is 0 Å². The molecule has 1 aromatic carbocycles. The van der Waals surface area contributed by atoms with Crippen molar-refractivity contribution in [1.82, 2.24) is 0 Å². The Balaban J connectivity index is 2.51. The van der Waals surface area contributed by atoms with Crippen LogP contribution in [-0.2, 0) is 16.3 Å². The Labute approximate surface area is 96.2 Å². The topological polar surface area (TPSA) is 9.23 Å². The molecule has 0 amide bonds. The fourth-order valence-corrected chi connectivity index (χ4v) is 5.20. The lowest BCUT2D eigenvalue weighted by Gasteiger charge is -2.29. The predicted octanol–water partition coefficient (Wildman–Crippen LogP) is 3.42.